The molecule has 0 spiro atoms. The maximum atomic E-state index is 3.22. The number of halogens is 2. The van der Waals surface area contributed by atoms with Crippen LogP contribution in [-0.2, 0) is 0 Å². The number of alkyl halides is 2. The lowest BCUT2D eigenvalue weighted by atomic mass is 10.2. The van der Waals surface area contributed by atoms with Crippen LogP contribution in [0, 0.1) is 11.8 Å². The lowest BCUT2D eigenvalue weighted by Crippen LogP contribution is -1.76. The molecule has 0 aliphatic heterocycles. The molecule has 0 aliphatic carbocycles. The predicted molar refractivity (Wildman–Crippen MR) is 73.3 cm³/mol. The van der Waals surface area contributed by atoms with Crippen LogP contribution in [0.25, 0.3) is 0 Å². The molecule has 12 heavy (non-hydrogen) atoms. The van der Waals surface area contributed by atoms with Crippen molar-refractivity contribution < 1.29 is 0 Å². The normalized spacial score (nSPS) is 9.17. The molecule has 0 fully saturated rings. The van der Waals surface area contributed by atoms with Gasteiger partial charge in [-0.2, -0.15) is 0 Å². The number of hydrogen-bond acceptors (Lipinski definition) is 0. The standard InChI is InChI=1S/C10H16I2/c11-9-7-5-3-1-2-4-6-8-10-12/h3-10H2. The fraction of sp³-hybridized carbons (Fsp3) is 0.800. The van der Waals surface area contributed by atoms with Crippen molar-refractivity contribution in [1.29, 1.82) is 0 Å². The van der Waals surface area contributed by atoms with Crippen molar-refractivity contribution in [3.05, 3.63) is 0 Å². The lowest BCUT2D eigenvalue weighted by molar-refractivity contribution is 0.831. The molecule has 0 heterocycles. The van der Waals surface area contributed by atoms with Gasteiger partial charge >= 0.3 is 0 Å². The van der Waals surface area contributed by atoms with Gasteiger partial charge < -0.3 is 0 Å². The van der Waals surface area contributed by atoms with E-state index in [2.05, 4.69) is 57.0 Å². The highest BCUT2D eigenvalue weighted by molar-refractivity contribution is 14.1. The smallest absolute Gasteiger partial charge is 0.00889 e. The van der Waals surface area contributed by atoms with Crippen molar-refractivity contribution in [3.63, 3.8) is 0 Å². The third kappa shape index (κ3) is 11.0. The molecule has 0 rings (SSSR count). The van der Waals surface area contributed by atoms with Crippen LogP contribution in [0.4, 0.5) is 0 Å². The van der Waals surface area contributed by atoms with Crippen LogP contribution in [0.2, 0.25) is 0 Å². The topological polar surface area (TPSA) is 0 Å². The summed E-state index contributed by atoms with van der Waals surface area (Å²) in [7, 11) is 0. The molecule has 0 nitrogen and oxygen atoms in total. The Morgan fingerprint density at radius 3 is 1.42 bits per heavy atom. The van der Waals surface area contributed by atoms with E-state index in [1.54, 1.807) is 0 Å². The van der Waals surface area contributed by atoms with Crippen molar-refractivity contribution in [2.45, 2.75) is 38.5 Å². The minimum atomic E-state index is 1.10. The highest BCUT2D eigenvalue weighted by Gasteiger charge is 1.83. The summed E-state index contributed by atoms with van der Waals surface area (Å²) in [4.78, 5) is 0. The van der Waals surface area contributed by atoms with Crippen molar-refractivity contribution in [3.8, 4) is 11.8 Å². The highest BCUT2D eigenvalue weighted by atomic mass is 127. The monoisotopic (exact) mass is 390 g/mol. The van der Waals surface area contributed by atoms with Gasteiger partial charge in [-0.3, -0.25) is 0 Å². The zero-order valence-electron chi connectivity index (χ0n) is 7.41. The molecule has 0 amide bonds. The molecule has 0 radical (unpaired) electrons. The summed E-state index contributed by atoms with van der Waals surface area (Å²) in [5.41, 5.74) is 0. The van der Waals surface area contributed by atoms with Gasteiger partial charge in [0.1, 0.15) is 0 Å². The molecule has 0 unspecified atom stereocenters. The first-order chi connectivity index (χ1) is 5.91. The van der Waals surface area contributed by atoms with Crippen LogP contribution < -0.4 is 0 Å². The Morgan fingerprint density at radius 1 is 0.667 bits per heavy atom. The second-order valence-corrected chi connectivity index (χ2v) is 4.80. The lowest BCUT2D eigenvalue weighted by Gasteiger charge is -1.89. The largest absolute Gasteiger partial charge is 0.103 e. The Morgan fingerprint density at radius 2 is 1.08 bits per heavy atom. The molecular formula is C10H16I2. The Bertz CT molecular complexity index is 119. The van der Waals surface area contributed by atoms with E-state index in [1.165, 1.54) is 34.5 Å². The first kappa shape index (κ1) is 13.0. The Labute approximate surface area is 104 Å². The molecule has 0 aromatic rings. The third-order valence-corrected chi connectivity index (χ3v) is 3.02. The first-order valence-electron chi connectivity index (χ1n) is 4.49. The summed E-state index contributed by atoms with van der Waals surface area (Å²) in [5, 5.41) is 0. The van der Waals surface area contributed by atoms with Crippen LogP contribution >= 0.6 is 45.2 Å². The molecule has 0 aromatic heterocycles. The zero-order valence-corrected chi connectivity index (χ0v) is 11.7. The molecule has 2 heteroatoms. The summed E-state index contributed by atoms with van der Waals surface area (Å²) >= 11 is 4.84. The second kappa shape index (κ2) is 12.0. The molecule has 70 valence electrons. The summed E-state index contributed by atoms with van der Waals surface area (Å²) in [5.74, 6) is 6.45. The van der Waals surface area contributed by atoms with Crippen LogP contribution in [0.1, 0.15) is 38.5 Å². The van der Waals surface area contributed by atoms with Crippen molar-refractivity contribution in [2.24, 2.45) is 0 Å². The number of hydrogen-bond donors (Lipinski definition) is 0. The maximum Gasteiger partial charge on any atom is 0.00889 e. The Balaban J connectivity index is 3.01. The van der Waals surface area contributed by atoms with Gasteiger partial charge in [-0.1, -0.05) is 45.2 Å². The van der Waals surface area contributed by atoms with Crippen LogP contribution in [0.3, 0.4) is 0 Å². The van der Waals surface area contributed by atoms with Crippen molar-refractivity contribution in [2.75, 3.05) is 8.86 Å². The molecule has 0 aliphatic rings. The summed E-state index contributed by atoms with van der Waals surface area (Å²) in [6, 6.07) is 0. The fourth-order valence-corrected chi connectivity index (χ4v) is 1.87. The fourth-order valence-electron chi connectivity index (χ4n) is 0.793. The van der Waals surface area contributed by atoms with Gasteiger partial charge in [-0.25, -0.2) is 0 Å². The van der Waals surface area contributed by atoms with E-state index in [-0.39, 0.29) is 0 Å². The molecule has 0 atom stereocenters. The predicted octanol–water partition coefficient (Wildman–Crippen LogP) is 4.20. The molecule has 0 N–H and O–H groups in total. The highest BCUT2D eigenvalue weighted by Crippen LogP contribution is 1.99. The summed E-state index contributed by atoms with van der Waals surface area (Å²) in [6.07, 6.45) is 7.41. The zero-order chi connectivity index (χ0) is 9.07. The molecular weight excluding hydrogens is 374 g/mol. The molecule has 0 saturated heterocycles. The van der Waals surface area contributed by atoms with Gasteiger partial charge in [0.25, 0.3) is 0 Å². The van der Waals surface area contributed by atoms with Gasteiger partial charge in [-0.05, 0) is 34.5 Å². The van der Waals surface area contributed by atoms with Gasteiger partial charge in [0.2, 0.25) is 0 Å². The van der Waals surface area contributed by atoms with E-state index in [0.717, 1.165) is 12.8 Å². The SMILES string of the molecule is ICCCCC#CCCCCI. The van der Waals surface area contributed by atoms with Crippen molar-refractivity contribution >= 4 is 45.2 Å². The summed E-state index contributed by atoms with van der Waals surface area (Å²) in [6.45, 7) is 0. The maximum absolute atomic E-state index is 3.22. The molecule has 0 saturated carbocycles. The number of rotatable bonds is 6. The minimum Gasteiger partial charge on any atom is -0.103 e. The van der Waals surface area contributed by atoms with E-state index in [1.807, 2.05) is 0 Å². The van der Waals surface area contributed by atoms with Gasteiger partial charge in [-0.15, -0.1) is 11.8 Å². The van der Waals surface area contributed by atoms with Crippen LogP contribution in [-0.4, -0.2) is 8.86 Å². The van der Waals surface area contributed by atoms with E-state index in [0.29, 0.717) is 0 Å². The third-order valence-electron chi connectivity index (χ3n) is 1.50. The van der Waals surface area contributed by atoms with E-state index in [4.69, 9.17) is 0 Å². The average molecular weight is 390 g/mol. The molecule has 0 bridgehead atoms. The number of unbranched alkanes of at least 4 members (excludes halogenated alkanes) is 4. The van der Waals surface area contributed by atoms with Gasteiger partial charge in [0.15, 0.2) is 0 Å². The second-order valence-electron chi connectivity index (χ2n) is 2.65. The average Bonchev–Trinajstić information content (AvgIpc) is 2.10. The quantitative estimate of drug-likeness (QED) is 0.276. The molecule has 0 aromatic carbocycles. The van der Waals surface area contributed by atoms with Gasteiger partial charge in [0.05, 0.1) is 0 Å². The van der Waals surface area contributed by atoms with E-state index in [9.17, 15) is 0 Å². The Kier molecular flexibility index (Phi) is 13.0. The van der Waals surface area contributed by atoms with Crippen LogP contribution in [0.5, 0.6) is 0 Å². The van der Waals surface area contributed by atoms with Crippen LogP contribution in [0.15, 0.2) is 0 Å². The Hall–Kier alpha value is 1.02. The summed E-state index contributed by atoms with van der Waals surface area (Å²) < 4.78 is 2.54. The minimum absolute atomic E-state index is 1.10. The van der Waals surface area contributed by atoms with E-state index < -0.39 is 0 Å². The van der Waals surface area contributed by atoms with Gasteiger partial charge in [0, 0.05) is 12.8 Å². The van der Waals surface area contributed by atoms with Crippen molar-refractivity contribution in [1.82, 2.24) is 0 Å². The first-order valence-corrected chi connectivity index (χ1v) is 7.54. The van der Waals surface area contributed by atoms with E-state index >= 15 is 0 Å².